The molecule has 3 heteroatoms. The van der Waals surface area contributed by atoms with Gasteiger partial charge in [0.25, 0.3) is 0 Å². The predicted octanol–water partition coefficient (Wildman–Crippen LogP) is 3.00. The van der Waals surface area contributed by atoms with Crippen LogP contribution in [0.2, 0.25) is 5.28 Å². The van der Waals surface area contributed by atoms with Crippen molar-refractivity contribution in [2.24, 2.45) is 0 Å². The molecule has 14 heavy (non-hydrogen) atoms. The normalized spacial score (nSPS) is 10.3. The molecular formula is C11H17AlO2. The molecule has 76 valence electrons. The molecular weight excluding hydrogens is 191 g/mol. The zero-order chi connectivity index (χ0) is 10.4. The van der Waals surface area contributed by atoms with Gasteiger partial charge < -0.3 is 7.58 Å². The van der Waals surface area contributed by atoms with E-state index in [1.165, 1.54) is 0 Å². The molecule has 0 N–H and O–H groups in total. The van der Waals surface area contributed by atoms with Gasteiger partial charge in [-0.3, -0.25) is 0 Å². The van der Waals surface area contributed by atoms with E-state index in [2.05, 4.69) is 6.92 Å². The second kappa shape index (κ2) is 6.08. The van der Waals surface area contributed by atoms with Crippen molar-refractivity contribution in [1.82, 2.24) is 0 Å². The minimum Gasteiger partial charge on any atom is -0.622 e. The van der Waals surface area contributed by atoms with Gasteiger partial charge in [-0.25, -0.2) is 0 Å². The van der Waals surface area contributed by atoms with E-state index in [4.69, 9.17) is 7.58 Å². The lowest BCUT2D eigenvalue weighted by atomic mass is 10.3. The summed E-state index contributed by atoms with van der Waals surface area (Å²) in [6, 6.07) is 9.88. The molecule has 2 nitrogen and oxygen atoms in total. The number of para-hydroxylation sites is 1. The molecule has 0 amide bonds. The Labute approximate surface area is 90.9 Å². The van der Waals surface area contributed by atoms with Crippen LogP contribution < -0.4 is 3.79 Å². The second-order valence-corrected chi connectivity index (χ2v) is 5.64. The highest BCUT2D eigenvalue weighted by Crippen LogP contribution is 2.12. The van der Waals surface area contributed by atoms with Crippen LogP contribution in [0.3, 0.4) is 0 Å². The highest BCUT2D eigenvalue weighted by molar-refractivity contribution is 6.45. The summed E-state index contributed by atoms with van der Waals surface area (Å²) in [6.07, 6.45) is 0.260. The summed E-state index contributed by atoms with van der Waals surface area (Å²) in [7, 11) is 0. The van der Waals surface area contributed by atoms with E-state index in [-0.39, 0.29) is 6.10 Å². The zero-order valence-electron chi connectivity index (χ0n) is 9.07. The number of hydrogen-bond acceptors (Lipinski definition) is 2. The zero-order valence-corrected chi connectivity index (χ0v) is 10.2. The average Bonchev–Trinajstić information content (AvgIpc) is 2.17. The minimum atomic E-state index is -1.50. The van der Waals surface area contributed by atoms with E-state index in [1.54, 1.807) is 0 Å². The lowest BCUT2D eigenvalue weighted by Gasteiger charge is -2.16. The Morgan fingerprint density at radius 1 is 1.21 bits per heavy atom. The second-order valence-electron chi connectivity index (χ2n) is 3.45. The van der Waals surface area contributed by atoms with Crippen molar-refractivity contribution in [1.29, 1.82) is 0 Å². The number of hydrogen-bond donors (Lipinski definition) is 0. The summed E-state index contributed by atoms with van der Waals surface area (Å²) >= 11 is -1.50. The van der Waals surface area contributed by atoms with Gasteiger partial charge >= 0.3 is 14.8 Å². The average molecular weight is 208 g/mol. The third-order valence-corrected chi connectivity index (χ3v) is 3.82. The number of rotatable bonds is 5. The summed E-state index contributed by atoms with van der Waals surface area (Å²) in [6.45, 7) is 6.20. The smallest absolute Gasteiger partial charge is 0.622 e. The van der Waals surface area contributed by atoms with Gasteiger partial charge in [0.1, 0.15) is 0 Å². The highest BCUT2D eigenvalue weighted by Gasteiger charge is 2.26. The highest BCUT2D eigenvalue weighted by atomic mass is 27.2. The summed E-state index contributed by atoms with van der Waals surface area (Å²) in [5.74, 6) is 0.923. The first-order valence-electron chi connectivity index (χ1n) is 5.09. The van der Waals surface area contributed by atoms with Crippen molar-refractivity contribution in [3.8, 4) is 5.75 Å². The molecule has 0 radical (unpaired) electrons. The molecule has 1 aromatic carbocycles. The molecule has 0 saturated carbocycles. The molecule has 1 aromatic rings. The Morgan fingerprint density at radius 2 is 1.86 bits per heavy atom. The largest absolute Gasteiger partial charge is 0.765 e. The topological polar surface area (TPSA) is 18.5 Å². The van der Waals surface area contributed by atoms with E-state index in [1.807, 2.05) is 44.2 Å². The molecule has 0 unspecified atom stereocenters. The molecule has 0 bridgehead atoms. The lowest BCUT2D eigenvalue weighted by Crippen LogP contribution is -2.28. The maximum Gasteiger partial charge on any atom is 0.765 e. The fraction of sp³-hybridized carbons (Fsp3) is 0.455. The van der Waals surface area contributed by atoms with Crippen LogP contribution in [0.1, 0.15) is 20.8 Å². The standard InChI is InChI=1S/C6H6O.C3H7O.C2H5.Al/c7-6-4-2-1-3-5-6;1-3(2)4;1-2;/h1-5,7H;3H,1-2H3;1H2,2H3;/q;-1;;+2/p-1. The molecule has 0 heterocycles. The van der Waals surface area contributed by atoms with Crippen LogP contribution >= 0.6 is 0 Å². The monoisotopic (exact) mass is 208 g/mol. The van der Waals surface area contributed by atoms with Crippen LogP contribution in [0.4, 0.5) is 0 Å². The Bertz CT molecular complexity index is 249. The van der Waals surface area contributed by atoms with E-state index in [9.17, 15) is 0 Å². The SMILES string of the molecule is C[CH2][Al]([O]c1ccccc1)[O]C(C)C. The minimum absolute atomic E-state index is 0.260. The van der Waals surface area contributed by atoms with Crippen molar-refractivity contribution in [3.63, 3.8) is 0 Å². The van der Waals surface area contributed by atoms with Gasteiger partial charge in [-0.2, -0.15) is 0 Å². The van der Waals surface area contributed by atoms with Crippen molar-refractivity contribution in [2.45, 2.75) is 32.2 Å². The predicted molar refractivity (Wildman–Crippen MR) is 59.5 cm³/mol. The van der Waals surface area contributed by atoms with Crippen LogP contribution in [-0.4, -0.2) is 20.9 Å². The van der Waals surface area contributed by atoms with Crippen molar-refractivity contribution in [2.75, 3.05) is 0 Å². The summed E-state index contributed by atoms with van der Waals surface area (Å²) in [4.78, 5) is 0. The van der Waals surface area contributed by atoms with Gasteiger partial charge in [0.15, 0.2) is 0 Å². The van der Waals surface area contributed by atoms with E-state index < -0.39 is 14.8 Å². The molecule has 0 spiro atoms. The van der Waals surface area contributed by atoms with Gasteiger partial charge in [-0.15, -0.1) is 0 Å². The first-order chi connectivity index (χ1) is 6.72. The third-order valence-electron chi connectivity index (χ3n) is 1.77. The van der Waals surface area contributed by atoms with E-state index in [0.29, 0.717) is 0 Å². The third kappa shape index (κ3) is 4.15. The van der Waals surface area contributed by atoms with Gasteiger partial charge in [-0.05, 0) is 31.3 Å². The lowest BCUT2D eigenvalue weighted by molar-refractivity contribution is 0.203. The molecule has 0 aliphatic heterocycles. The van der Waals surface area contributed by atoms with Crippen LogP contribution in [0.5, 0.6) is 5.75 Å². The fourth-order valence-electron chi connectivity index (χ4n) is 1.16. The molecule has 1 rings (SSSR count). The van der Waals surface area contributed by atoms with E-state index in [0.717, 1.165) is 11.0 Å². The maximum atomic E-state index is 5.79. The van der Waals surface area contributed by atoms with Crippen LogP contribution in [0, 0.1) is 0 Å². The molecule has 0 atom stereocenters. The molecule has 0 aliphatic rings. The number of benzene rings is 1. The van der Waals surface area contributed by atoms with Crippen molar-refractivity contribution >= 4 is 14.8 Å². The fourth-order valence-corrected chi connectivity index (χ4v) is 2.64. The van der Waals surface area contributed by atoms with Crippen LogP contribution in [-0.2, 0) is 3.79 Å². The Hall–Kier alpha value is -0.488. The van der Waals surface area contributed by atoms with Crippen LogP contribution in [0.15, 0.2) is 30.3 Å². The Morgan fingerprint density at radius 3 is 2.36 bits per heavy atom. The Kier molecular flexibility index (Phi) is 5.03. The maximum absolute atomic E-state index is 5.79. The quantitative estimate of drug-likeness (QED) is 0.692. The summed E-state index contributed by atoms with van der Waals surface area (Å²) in [5, 5.41) is 0.993. The first kappa shape index (κ1) is 11.6. The van der Waals surface area contributed by atoms with Crippen molar-refractivity contribution < 1.29 is 7.58 Å². The van der Waals surface area contributed by atoms with Crippen LogP contribution in [0.25, 0.3) is 0 Å². The molecule has 0 aliphatic carbocycles. The van der Waals surface area contributed by atoms with Gasteiger partial charge in [0.05, 0.1) is 5.75 Å². The summed E-state index contributed by atoms with van der Waals surface area (Å²) < 4.78 is 11.5. The molecule has 0 fully saturated rings. The summed E-state index contributed by atoms with van der Waals surface area (Å²) in [5.41, 5.74) is 0. The molecule has 0 saturated heterocycles. The van der Waals surface area contributed by atoms with E-state index >= 15 is 0 Å². The molecule has 0 aromatic heterocycles. The van der Waals surface area contributed by atoms with Gasteiger partial charge in [-0.1, -0.05) is 25.1 Å². The first-order valence-corrected chi connectivity index (χ1v) is 6.85. The Balaban J connectivity index is 2.48. The van der Waals surface area contributed by atoms with Gasteiger partial charge in [0.2, 0.25) is 0 Å². The van der Waals surface area contributed by atoms with Crippen molar-refractivity contribution in [3.05, 3.63) is 30.3 Å². The van der Waals surface area contributed by atoms with Gasteiger partial charge in [0, 0.05) is 6.10 Å².